The van der Waals surface area contributed by atoms with Crippen LogP contribution < -0.4 is 0 Å². The molecule has 4 aliphatic rings. The van der Waals surface area contributed by atoms with Crippen LogP contribution in [0.2, 0.25) is 18.1 Å². The average Bonchev–Trinajstić information content (AvgIpc) is 3.44. The van der Waals surface area contributed by atoms with E-state index >= 15 is 0 Å². The third kappa shape index (κ3) is 4.37. The number of ether oxygens (including phenoxy) is 4. The number of unbranched alkanes of at least 4 members (excludes halogenated alkanes) is 3. The number of hydrogen-bond acceptors (Lipinski definition) is 7. The number of fused-ring (bicyclic) bond motifs is 1. The Balaban J connectivity index is 1.82. The number of rotatable bonds is 14. The lowest BCUT2D eigenvalue weighted by molar-refractivity contribution is -0.198. The molecule has 8 heteroatoms. The molecule has 1 saturated carbocycles. The number of ketones is 1. The molecule has 2 saturated heterocycles. The predicted molar refractivity (Wildman–Crippen MR) is 148 cm³/mol. The van der Waals surface area contributed by atoms with Gasteiger partial charge in [0.1, 0.15) is 5.60 Å². The molecule has 7 nitrogen and oxygen atoms in total. The maximum absolute atomic E-state index is 14.4. The molecule has 0 radical (unpaired) electrons. The van der Waals surface area contributed by atoms with E-state index in [-0.39, 0.29) is 24.0 Å². The molecule has 3 fully saturated rings. The molecule has 2 aliphatic carbocycles. The molecule has 0 bridgehead atoms. The average molecular weight is 551 g/mol. The summed E-state index contributed by atoms with van der Waals surface area (Å²) in [5, 5.41) is 0. The van der Waals surface area contributed by atoms with E-state index in [1.165, 1.54) is 7.11 Å². The third-order valence-electron chi connectivity index (χ3n) is 9.88. The molecule has 0 aromatic rings. The van der Waals surface area contributed by atoms with Gasteiger partial charge in [-0.25, -0.2) is 0 Å². The first kappa shape index (κ1) is 29.9. The number of hydrogen-bond donors (Lipinski definition) is 0. The van der Waals surface area contributed by atoms with Crippen LogP contribution in [0.1, 0.15) is 86.5 Å². The van der Waals surface area contributed by atoms with Crippen LogP contribution >= 0.6 is 0 Å². The summed E-state index contributed by atoms with van der Waals surface area (Å²) in [4.78, 5) is 28.5. The summed E-state index contributed by atoms with van der Waals surface area (Å²) in [6, 6.07) is 3.11. The van der Waals surface area contributed by atoms with E-state index in [0.717, 1.165) is 56.7 Å². The Kier molecular flexibility index (Phi) is 9.00. The maximum atomic E-state index is 14.4. The Morgan fingerprint density at radius 2 is 1.68 bits per heavy atom. The molecule has 2 aliphatic heterocycles. The first-order valence-electron chi connectivity index (χ1n) is 15.1. The van der Waals surface area contributed by atoms with Crippen LogP contribution in [0.4, 0.5) is 0 Å². The maximum Gasteiger partial charge on any atom is 0.325 e. The van der Waals surface area contributed by atoms with Crippen molar-refractivity contribution in [2.75, 3.05) is 13.7 Å². The lowest BCUT2D eigenvalue weighted by Crippen LogP contribution is -2.71. The van der Waals surface area contributed by atoms with E-state index in [9.17, 15) is 9.59 Å². The highest BCUT2D eigenvalue weighted by atomic mass is 28.4. The highest BCUT2D eigenvalue weighted by Crippen LogP contribution is 2.72. The quantitative estimate of drug-likeness (QED) is 0.0867. The normalized spacial score (nSPS) is 39.4. The highest BCUT2D eigenvalue weighted by molar-refractivity contribution is 6.74. The van der Waals surface area contributed by atoms with Crippen molar-refractivity contribution >= 4 is 20.1 Å². The topological polar surface area (TPSA) is 83.6 Å². The van der Waals surface area contributed by atoms with Gasteiger partial charge in [-0.05, 0) is 32.0 Å². The summed E-state index contributed by atoms with van der Waals surface area (Å²) in [5.41, 5.74) is -3.55. The Hall–Kier alpha value is -1.06. The van der Waals surface area contributed by atoms with Gasteiger partial charge in [0, 0.05) is 24.9 Å². The molecule has 8 atom stereocenters. The largest absolute Gasteiger partial charge is 0.468 e. The molecular formula is C30H50O7Si. The molecular weight excluding hydrogens is 500 g/mol. The monoisotopic (exact) mass is 550 g/mol. The summed E-state index contributed by atoms with van der Waals surface area (Å²) < 4.78 is 31.8. The van der Waals surface area contributed by atoms with Crippen molar-refractivity contribution in [1.82, 2.24) is 0 Å². The van der Waals surface area contributed by atoms with Crippen LogP contribution in [-0.4, -0.2) is 63.5 Å². The van der Waals surface area contributed by atoms with Gasteiger partial charge in [-0.3, -0.25) is 9.59 Å². The molecule has 4 rings (SSSR count). The molecule has 1 spiro atoms. The van der Waals surface area contributed by atoms with Crippen LogP contribution in [0.3, 0.4) is 0 Å². The Bertz CT molecular complexity index is 885. The van der Waals surface area contributed by atoms with Gasteiger partial charge in [-0.1, -0.05) is 78.4 Å². The number of esters is 1. The molecule has 0 N–H and O–H groups in total. The van der Waals surface area contributed by atoms with Gasteiger partial charge in [0.05, 0.1) is 19.3 Å². The summed E-state index contributed by atoms with van der Waals surface area (Å²) in [7, 11) is -0.930. The summed E-state index contributed by atoms with van der Waals surface area (Å²) in [6.07, 6.45) is 9.16. The van der Waals surface area contributed by atoms with Gasteiger partial charge in [0.2, 0.25) is 0 Å². The van der Waals surface area contributed by atoms with Crippen molar-refractivity contribution in [1.29, 1.82) is 0 Å². The summed E-state index contributed by atoms with van der Waals surface area (Å²) in [6.45, 7) is 13.1. The molecule has 0 amide bonds. The highest BCUT2D eigenvalue weighted by Gasteiger charge is 2.90. The van der Waals surface area contributed by atoms with Gasteiger partial charge >= 0.3 is 5.97 Å². The minimum Gasteiger partial charge on any atom is -0.468 e. The van der Waals surface area contributed by atoms with Gasteiger partial charge < -0.3 is 23.4 Å². The van der Waals surface area contributed by atoms with E-state index in [0.29, 0.717) is 6.61 Å². The molecule has 38 heavy (non-hydrogen) atoms. The fourth-order valence-corrected chi connectivity index (χ4v) is 12.6. The van der Waals surface area contributed by atoms with E-state index in [1.807, 2.05) is 26.0 Å². The standard InChI is InChI=1S/C30H50O7Si/c1-8-12-17-38(18-13-9-2,19-14-10-3)36-24-15-16-28(6)30(37-28)25-22(21(5)26(35-25)34-11-4)20-23(31)29(24,30)27(32)33-7/h15-16,21-22,24-26H,8-14,17-20H2,1-7H3/t21-,22+,24-,25-,26-,28+,29-,30+/m1/s1. The number of methoxy groups -OCH3 is 1. The Morgan fingerprint density at radius 1 is 1.08 bits per heavy atom. The zero-order chi connectivity index (χ0) is 27.8. The molecule has 0 aromatic heterocycles. The van der Waals surface area contributed by atoms with Crippen molar-refractivity contribution in [3.05, 3.63) is 12.2 Å². The minimum absolute atomic E-state index is 0.0137. The SMILES string of the molecule is CCCC[Si](CCCC)(CCCC)O[C@@H]1C=C[C@]2(C)O[C@@]23[C@@H]2O[C@@H](OCC)[C@H](C)[C@@H]2CC(=O)[C@]13C(=O)OC. The number of epoxide rings is 1. The molecule has 2 heterocycles. The lowest BCUT2D eigenvalue weighted by atomic mass is 9.52. The molecule has 0 aromatic carbocycles. The first-order valence-corrected chi connectivity index (χ1v) is 17.7. The van der Waals surface area contributed by atoms with Crippen LogP contribution in [0.5, 0.6) is 0 Å². The fourth-order valence-electron chi connectivity index (χ4n) is 7.75. The predicted octanol–water partition coefficient (Wildman–Crippen LogP) is 5.96. The van der Waals surface area contributed by atoms with Crippen molar-refractivity contribution in [3.8, 4) is 0 Å². The fraction of sp³-hybridized carbons (Fsp3) is 0.867. The van der Waals surface area contributed by atoms with E-state index in [1.54, 1.807) is 0 Å². The van der Waals surface area contributed by atoms with Crippen molar-refractivity contribution < 1.29 is 33.0 Å². The first-order chi connectivity index (χ1) is 18.2. The van der Waals surface area contributed by atoms with Crippen molar-refractivity contribution in [2.45, 2.75) is 134 Å². The zero-order valence-electron chi connectivity index (χ0n) is 24.7. The van der Waals surface area contributed by atoms with E-state index in [4.69, 9.17) is 23.4 Å². The minimum atomic E-state index is -2.30. The van der Waals surface area contributed by atoms with Crippen LogP contribution in [0.25, 0.3) is 0 Å². The van der Waals surface area contributed by atoms with Crippen molar-refractivity contribution in [3.63, 3.8) is 0 Å². The van der Waals surface area contributed by atoms with Crippen LogP contribution in [0, 0.1) is 17.3 Å². The van der Waals surface area contributed by atoms with Gasteiger partial charge in [0.25, 0.3) is 0 Å². The van der Waals surface area contributed by atoms with E-state index < -0.39 is 49.4 Å². The number of Topliss-reactive ketones (excluding diaryl/α,β-unsaturated/α-hetero) is 1. The zero-order valence-corrected chi connectivity index (χ0v) is 25.7. The van der Waals surface area contributed by atoms with Gasteiger partial charge in [-0.15, -0.1) is 0 Å². The number of carbonyl (C=O) groups excluding carboxylic acids is 2. The lowest BCUT2D eigenvalue weighted by Gasteiger charge is -2.51. The van der Waals surface area contributed by atoms with Crippen LogP contribution in [-0.2, 0) is 33.0 Å². The summed E-state index contributed by atoms with van der Waals surface area (Å²) >= 11 is 0. The second kappa shape index (κ2) is 11.4. The van der Waals surface area contributed by atoms with Crippen LogP contribution in [0.15, 0.2) is 12.2 Å². The summed E-state index contributed by atoms with van der Waals surface area (Å²) in [5.74, 6) is -0.770. The Morgan fingerprint density at radius 3 is 2.21 bits per heavy atom. The third-order valence-corrected chi connectivity index (χ3v) is 14.4. The second-order valence-corrected chi connectivity index (χ2v) is 16.3. The molecule has 0 unspecified atom stereocenters. The Labute approximate surface area is 230 Å². The van der Waals surface area contributed by atoms with Crippen molar-refractivity contribution in [2.24, 2.45) is 17.3 Å². The smallest absolute Gasteiger partial charge is 0.325 e. The number of carbonyl (C=O) groups is 2. The van der Waals surface area contributed by atoms with E-state index in [2.05, 4.69) is 27.7 Å². The second-order valence-electron chi connectivity index (χ2n) is 12.2. The van der Waals surface area contributed by atoms with Gasteiger partial charge in [0.15, 0.2) is 31.4 Å². The van der Waals surface area contributed by atoms with Gasteiger partial charge in [-0.2, -0.15) is 0 Å². The molecule has 216 valence electrons.